The molecular formula is C18H24F3IN4OS. The second kappa shape index (κ2) is 10.3. The molecule has 0 aliphatic heterocycles. The molecule has 0 unspecified atom stereocenters. The fourth-order valence-electron chi connectivity index (χ4n) is 2.10. The predicted octanol–water partition coefficient (Wildman–Crippen LogP) is 4.60. The van der Waals surface area contributed by atoms with Crippen LogP contribution in [0, 0.1) is 0 Å². The van der Waals surface area contributed by atoms with Gasteiger partial charge < -0.3 is 15.8 Å². The lowest BCUT2D eigenvalue weighted by Crippen LogP contribution is -2.33. The minimum absolute atomic E-state index is 0. The Morgan fingerprint density at radius 3 is 2.39 bits per heavy atom. The van der Waals surface area contributed by atoms with Gasteiger partial charge in [-0.15, -0.1) is 48.5 Å². The third kappa shape index (κ3) is 8.63. The van der Waals surface area contributed by atoms with Crippen LogP contribution in [0.3, 0.4) is 0 Å². The average molecular weight is 528 g/mol. The number of nitrogens with two attached hydrogens (primary N) is 1. The van der Waals surface area contributed by atoms with Crippen molar-refractivity contribution >= 4 is 41.3 Å². The molecule has 2 rings (SSSR count). The summed E-state index contributed by atoms with van der Waals surface area (Å²) in [7, 11) is 0. The van der Waals surface area contributed by atoms with Crippen LogP contribution in [0.5, 0.6) is 5.75 Å². The molecule has 2 aromatic rings. The number of hydrogen-bond acceptors (Lipinski definition) is 4. The molecule has 0 aliphatic carbocycles. The van der Waals surface area contributed by atoms with E-state index in [9.17, 15) is 13.2 Å². The van der Waals surface area contributed by atoms with Gasteiger partial charge >= 0.3 is 6.36 Å². The fourth-order valence-corrected chi connectivity index (χ4v) is 3.12. The first kappa shape index (κ1) is 24.5. The SMILES string of the molecule is CC(C)(C)c1csc(CCNC(N)=NCc2ccc(OC(F)(F)F)cc2)n1.I. The molecule has 28 heavy (non-hydrogen) atoms. The maximum Gasteiger partial charge on any atom is 0.573 e. The van der Waals surface area contributed by atoms with E-state index in [4.69, 9.17) is 5.73 Å². The first-order valence-corrected chi connectivity index (χ1v) is 9.24. The number of alkyl halides is 3. The van der Waals surface area contributed by atoms with Gasteiger partial charge in [0.2, 0.25) is 0 Å². The third-order valence-electron chi connectivity index (χ3n) is 3.55. The van der Waals surface area contributed by atoms with Gasteiger partial charge in [0, 0.05) is 23.8 Å². The molecule has 0 fully saturated rings. The summed E-state index contributed by atoms with van der Waals surface area (Å²) in [6, 6.07) is 5.53. The van der Waals surface area contributed by atoms with Crippen molar-refractivity contribution in [3.63, 3.8) is 0 Å². The van der Waals surface area contributed by atoms with E-state index >= 15 is 0 Å². The Kier molecular flexibility index (Phi) is 8.99. The third-order valence-corrected chi connectivity index (χ3v) is 4.46. The minimum atomic E-state index is -4.70. The largest absolute Gasteiger partial charge is 0.573 e. The van der Waals surface area contributed by atoms with Crippen LogP contribution in [0.1, 0.15) is 37.0 Å². The highest BCUT2D eigenvalue weighted by Gasteiger charge is 2.30. The summed E-state index contributed by atoms with van der Waals surface area (Å²) in [6.07, 6.45) is -3.96. The Hall–Kier alpha value is -1.56. The molecule has 0 saturated heterocycles. The van der Waals surface area contributed by atoms with Crippen LogP contribution in [0.25, 0.3) is 0 Å². The number of nitrogens with one attached hydrogen (secondary N) is 1. The normalized spacial score (nSPS) is 12.4. The predicted molar refractivity (Wildman–Crippen MR) is 116 cm³/mol. The van der Waals surface area contributed by atoms with Crippen molar-refractivity contribution in [1.82, 2.24) is 10.3 Å². The molecule has 0 radical (unpaired) electrons. The summed E-state index contributed by atoms with van der Waals surface area (Å²) in [5, 5.41) is 6.11. The van der Waals surface area contributed by atoms with Gasteiger partial charge in [-0.2, -0.15) is 0 Å². The Labute approximate surface area is 183 Å². The highest BCUT2D eigenvalue weighted by Crippen LogP contribution is 2.24. The van der Waals surface area contributed by atoms with Crippen LogP contribution in [0.4, 0.5) is 13.2 Å². The van der Waals surface area contributed by atoms with Crippen molar-refractivity contribution < 1.29 is 17.9 Å². The van der Waals surface area contributed by atoms with Crippen LogP contribution in [-0.2, 0) is 18.4 Å². The number of hydrogen-bond donors (Lipinski definition) is 2. The van der Waals surface area contributed by atoms with Crippen LogP contribution >= 0.6 is 35.3 Å². The van der Waals surface area contributed by atoms with Gasteiger partial charge in [-0.3, -0.25) is 0 Å². The average Bonchev–Trinajstić information content (AvgIpc) is 3.02. The van der Waals surface area contributed by atoms with Crippen molar-refractivity contribution in [2.45, 2.75) is 45.5 Å². The Balaban J connectivity index is 0.00000392. The van der Waals surface area contributed by atoms with E-state index in [1.807, 2.05) is 0 Å². The minimum Gasteiger partial charge on any atom is -0.406 e. The highest BCUT2D eigenvalue weighted by atomic mass is 127. The molecule has 0 amide bonds. The summed E-state index contributed by atoms with van der Waals surface area (Å²) in [6.45, 7) is 7.23. The van der Waals surface area contributed by atoms with E-state index in [1.54, 1.807) is 11.3 Å². The monoisotopic (exact) mass is 528 g/mol. The van der Waals surface area contributed by atoms with Gasteiger partial charge in [0.05, 0.1) is 17.2 Å². The lowest BCUT2D eigenvalue weighted by atomic mass is 9.93. The van der Waals surface area contributed by atoms with Crippen LogP contribution < -0.4 is 15.8 Å². The van der Waals surface area contributed by atoms with E-state index in [0.29, 0.717) is 6.54 Å². The van der Waals surface area contributed by atoms with Crippen LogP contribution in [0.2, 0.25) is 0 Å². The number of aromatic nitrogens is 1. The maximum absolute atomic E-state index is 12.1. The van der Waals surface area contributed by atoms with E-state index in [2.05, 4.69) is 46.2 Å². The van der Waals surface area contributed by atoms with Gasteiger partial charge in [-0.05, 0) is 17.7 Å². The zero-order chi connectivity index (χ0) is 20.1. The zero-order valence-corrected chi connectivity index (χ0v) is 19.0. The van der Waals surface area contributed by atoms with Crippen molar-refractivity contribution in [3.05, 3.63) is 45.9 Å². The maximum atomic E-state index is 12.1. The van der Waals surface area contributed by atoms with Crippen molar-refractivity contribution in [2.24, 2.45) is 10.7 Å². The molecular weight excluding hydrogens is 504 g/mol. The summed E-state index contributed by atoms with van der Waals surface area (Å²) < 4.78 is 40.2. The molecule has 156 valence electrons. The molecule has 1 heterocycles. The number of rotatable bonds is 6. The molecule has 0 saturated carbocycles. The highest BCUT2D eigenvalue weighted by molar-refractivity contribution is 14.0. The van der Waals surface area contributed by atoms with Gasteiger partial charge in [0.15, 0.2) is 5.96 Å². The Bertz CT molecular complexity index is 770. The van der Waals surface area contributed by atoms with Crippen LogP contribution in [0.15, 0.2) is 34.6 Å². The Morgan fingerprint density at radius 1 is 1.21 bits per heavy atom. The number of aliphatic imine (C=N–C) groups is 1. The van der Waals surface area contributed by atoms with Crippen LogP contribution in [-0.4, -0.2) is 23.9 Å². The molecule has 0 bridgehead atoms. The smallest absolute Gasteiger partial charge is 0.406 e. The van der Waals surface area contributed by atoms with E-state index in [-0.39, 0.29) is 47.6 Å². The number of ether oxygens (including phenoxy) is 1. The van der Waals surface area contributed by atoms with E-state index in [1.165, 1.54) is 24.3 Å². The molecule has 5 nitrogen and oxygen atoms in total. The molecule has 1 aromatic carbocycles. The number of benzene rings is 1. The van der Waals surface area contributed by atoms with E-state index < -0.39 is 6.36 Å². The number of nitrogens with zero attached hydrogens (tertiary/aromatic N) is 2. The molecule has 0 aliphatic rings. The summed E-state index contributed by atoms with van der Waals surface area (Å²) >= 11 is 1.62. The molecule has 10 heteroatoms. The molecule has 0 atom stereocenters. The fraction of sp³-hybridized carbons (Fsp3) is 0.444. The second-order valence-corrected chi connectivity index (χ2v) is 7.89. The van der Waals surface area contributed by atoms with Crippen molar-refractivity contribution in [3.8, 4) is 5.75 Å². The quantitative estimate of drug-likeness (QED) is 0.327. The van der Waals surface area contributed by atoms with Gasteiger partial charge in [0.1, 0.15) is 5.75 Å². The van der Waals surface area contributed by atoms with Gasteiger partial charge in [-0.1, -0.05) is 32.9 Å². The second-order valence-electron chi connectivity index (χ2n) is 6.95. The number of thiazole rings is 1. The van der Waals surface area contributed by atoms with Gasteiger partial charge in [-0.25, -0.2) is 9.98 Å². The zero-order valence-electron chi connectivity index (χ0n) is 15.8. The first-order valence-electron chi connectivity index (χ1n) is 8.36. The molecule has 3 N–H and O–H groups in total. The Morgan fingerprint density at radius 2 is 1.86 bits per heavy atom. The summed E-state index contributed by atoms with van der Waals surface area (Å²) in [4.78, 5) is 8.79. The number of guanidine groups is 1. The molecule has 0 spiro atoms. The lowest BCUT2D eigenvalue weighted by Gasteiger charge is -2.14. The summed E-state index contributed by atoms with van der Waals surface area (Å²) in [5.41, 5.74) is 7.65. The van der Waals surface area contributed by atoms with Crippen molar-refractivity contribution in [1.29, 1.82) is 0 Å². The van der Waals surface area contributed by atoms with E-state index in [0.717, 1.165) is 22.7 Å². The number of halogens is 4. The standard InChI is InChI=1S/C18H23F3N4OS.HI/c1-17(2,3)14-11-27-15(25-14)8-9-23-16(22)24-10-12-4-6-13(7-5-12)26-18(19,20)21;/h4-7,11H,8-10H2,1-3H3,(H3,22,23,24);1H. The van der Waals surface area contributed by atoms with Gasteiger partial charge in [0.25, 0.3) is 0 Å². The topological polar surface area (TPSA) is 72.5 Å². The lowest BCUT2D eigenvalue weighted by molar-refractivity contribution is -0.274. The summed E-state index contributed by atoms with van der Waals surface area (Å²) in [5.74, 6) is 0.0117. The first-order chi connectivity index (χ1) is 12.5. The van der Waals surface area contributed by atoms with Crippen molar-refractivity contribution in [2.75, 3.05) is 6.54 Å². The molecule has 1 aromatic heterocycles.